The third-order valence-electron chi connectivity index (χ3n) is 3.02. The van der Waals surface area contributed by atoms with E-state index in [1.807, 2.05) is 24.3 Å². The summed E-state index contributed by atoms with van der Waals surface area (Å²) in [6.45, 7) is 2.78. The fourth-order valence-corrected chi connectivity index (χ4v) is 1.88. The molecule has 0 radical (unpaired) electrons. The van der Waals surface area contributed by atoms with Crippen LogP contribution in [0.1, 0.15) is 5.56 Å². The van der Waals surface area contributed by atoms with E-state index in [0.717, 1.165) is 24.3 Å². The van der Waals surface area contributed by atoms with Crippen molar-refractivity contribution in [1.29, 1.82) is 0 Å². The van der Waals surface area contributed by atoms with Gasteiger partial charge in [-0.2, -0.15) is 0 Å². The zero-order valence-corrected chi connectivity index (χ0v) is 13.8. The van der Waals surface area contributed by atoms with Gasteiger partial charge < -0.3 is 15.4 Å². The Morgan fingerprint density at radius 1 is 1.22 bits per heavy atom. The second-order valence-corrected chi connectivity index (χ2v) is 4.69. The number of carbonyl (C=O) groups is 1. The zero-order valence-electron chi connectivity index (χ0n) is 12.9. The Bertz CT molecular complexity index is 561. The van der Waals surface area contributed by atoms with E-state index < -0.39 is 0 Å². The van der Waals surface area contributed by atoms with Crippen LogP contribution in [0.4, 0.5) is 0 Å². The van der Waals surface area contributed by atoms with Crippen LogP contribution in [-0.2, 0) is 16.0 Å². The van der Waals surface area contributed by atoms with Crippen molar-refractivity contribution in [2.45, 2.75) is 6.42 Å². The van der Waals surface area contributed by atoms with E-state index in [2.05, 4.69) is 26.2 Å². The molecule has 1 amide bonds. The van der Waals surface area contributed by atoms with Crippen molar-refractivity contribution in [2.75, 3.05) is 33.4 Å². The van der Waals surface area contributed by atoms with Gasteiger partial charge in [0.25, 0.3) is 0 Å². The van der Waals surface area contributed by atoms with E-state index in [0.29, 0.717) is 19.6 Å². The van der Waals surface area contributed by atoms with Crippen LogP contribution in [0.3, 0.4) is 0 Å². The van der Waals surface area contributed by atoms with Crippen molar-refractivity contribution in [1.82, 2.24) is 30.8 Å². The average Bonchev–Trinajstić information content (AvgIpc) is 3.06. The van der Waals surface area contributed by atoms with Crippen molar-refractivity contribution >= 4 is 18.3 Å². The first-order valence-corrected chi connectivity index (χ1v) is 7.08. The molecule has 0 spiro atoms. The minimum atomic E-state index is 0. The number of hydrogen-bond acceptors (Lipinski definition) is 6. The summed E-state index contributed by atoms with van der Waals surface area (Å²) in [7, 11) is 1.66. The van der Waals surface area contributed by atoms with Crippen molar-refractivity contribution in [3.8, 4) is 5.69 Å². The molecule has 8 nitrogen and oxygen atoms in total. The largest absolute Gasteiger partial charge is 0.383 e. The number of benzene rings is 1. The Morgan fingerprint density at radius 3 is 2.65 bits per heavy atom. The Hall–Kier alpha value is -2.03. The fourth-order valence-electron chi connectivity index (χ4n) is 1.88. The first kappa shape index (κ1) is 19.0. The normalized spacial score (nSPS) is 10.1. The number of halogens is 1. The summed E-state index contributed by atoms with van der Waals surface area (Å²) in [5.41, 5.74) is 1.80. The number of nitrogens with one attached hydrogen (secondary N) is 2. The molecule has 0 atom stereocenters. The van der Waals surface area contributed by atoms with E-state index in [-0.39, 0.29) is 18.3 Å². The van der Waals surface area contributed by atoms with Crippen molar-refractivity contribution in [3.05, 3.63) is 36.2 Å². The first-order valence-electron chi connectivity index (χ1n) is 7.08. The molecule has 0 saturated carbocycles. The minimum Gasteiger partial charge on any atom is -0.383 e. The lowest BCUT2D eigenvalue weighted by atomic mass is 10.1. The highest BCUT2D eigenvalue weighted by Gasteiger charge is 2.04. The Kier molecular flexibility index (Phi) is 8.81. The van der Waals surface area contributed by atoms with E-state index in [4.69, 9.17) is 4.74 Å². The maximum absolute atomic E-state index is 11.8. The van der Waals surface area contributed by atoms with Crippen LogP contribution >= 0.6 is 12.4 Å². The Balaban J connectivity index is 0.00000264. The van der Waals surface area contributed by atoms with Gasteiger partial charge in [-0.05, 0) is 28.1 Å². The van der Waals surface area contributed by atoms with Crippen LogP contribution in [0.5, 0.6) is 0 Å². The summed E-state index contributed by atoms with van der Waals surface area (Å²) in [5, 5.41) is 17.0. The molecule has 0 aliphatic heterocycles. The van der Waals surface area contributed by atoms with Crippen molar-refractivity contribution in [3.63, 3.8) is 0 Å². The molecule has 2 rings (SSSR count). The second kappa shape index (κ2) is 10.7. The highest BCUT2D eigenvalue weighted by molar-refractivity contribution is 5.85. The number of tetrazole rings is 1. The number of amides is 1. The molecule has 126 valence electrons. The quantitative estimate of drug-likeness (QED) is 0.623. The zero-order chi connectivity index (χ0) is 15.6. The predicted molar refractivity (Wildman–Crippen MR) is 87.9 cm³/mol. The number of methoxy groups -OCH3 is 1. The van der Waals surface area contributed by atoms with Crippen LogP contribution in [0.15, 0.2) is 30.6 Å². The molecule has 0 bridgehead atoms. The molecule has 0 unspecified atom stereocenters. The summed E-state index contributed by atoms with van der Waals surface area (Å²) in [5.74, 6) is 0.00344. The summed E-state index contributed by atoms with van der Waals surface area (Å²) < 4.78 is 6.49. The lowest BCUT2D eigenvalue weighted by Crippen LogP contribution is -2.33. The molecule has 23 heavy (non-hydrogen) atoms. The van der Waals surface area contributed by atoms with Crippen LogP contribution in [0, 0.1) is 0 Å². The van der Waals surface area contributed by atoms with E-state index >= 15 is 0 Å². The third kappa shape index (κ3) is 6.72. The number of nitrogens with zero attached hydrogens (tertiary/aromatic N) is 4. The molecule has 1 heterocycles. The van der Waals surface area contributed by atoms with Crippen molar-refractivity contribution < 1.29 is 9.53 Å². The SMILES string of the molecule is COCCNCCNC(=O)Cc1ccc(-n2cnnn2)cc1.Cl. The lowest BCUT2D eigenvalue weighted by Gasteiger charge is -2.07. The number of hydrogen-bond donors (Lipinski definition) is 2. The molecule has 0 saturated heterocycles. The average molecular weight is 341 g/mol. The van der Waals surface area contributed by atoms with Gasteiger partial charge in [-0.3, -0.25) is 4.79 Å². The summed E-state index contributed by atoms with van der Waals surface area (Å²) >= 11 is 0. The van der Waals surface area contributed by atoms with Crippen LogP contribution in [-0.4, -0.2) is 59.5 Å². The van der Waals surface area contributed by atoms with Gasteiger partial charge in [-0.15, -0.1) is 17.5 Å². The lowest BCUT2D eigenvalue weighted by molar-refractivity contribution is -0.120. The highest BCUT2D eigenvalue weighted by atomic mass is 35.5. The third-order valence-corrected chi connectivity index (χ3v) is 3.02. The number of aromatic nitrogens is 4. The second-order valence-electron chi connectivity index (χ2n) is 4.69. The summed E-state index contributed by atoms with van der Waals surface area (Å²) in [4.78, 5) is 11.8. The smallest absolute Gasteiger partial charge is 0.224 e. The maximum Gasteiger partial charge on any atom is 0.224 e. The molecule has 0 fully saturated rings. The van der Waals surface area contributed by atoms with Crippen molar-refractivity contribution in [2.24, 2.45) is 0 Å². The van der Waals surface area contributed by atoms with Gasteiger partial charge in [-0.1, -0.05) is 12.1 Å². The van der Waals surface area contributed by atoms with Gasteiger partial charge in [0.05, 0.1) is 18.7 Å². The predicted octanol–water partition coefficient (Wildman–Crippen LogP) is -0.0212. The van der Waals surface area contributed by atoms with E-state index in [9.17, 15) is 4.79 Å². The topological polar surface area (TPSA) is 94.0 Å². The fraction of sp³-hybridized carbons (Fsp3) is 0.429. The molecule has 0 aliphatic rings. The molecule has 0 aliphatic carbocycles. The maximum atomic E-state index is 11.8. The molecular formula is C14H21ClN6O2. The minimum absolute atomic E-state index is 0. The number of carbonyl (C=O) groups excluding carboxylic acids is 1. The Morgan fingerprint density at radius 2 is 2.00 bits per heavy atom. The van der Waals surface area contributed by atoms with Gasteiger partial charge >= 0.3 is 0 Å². The Labute approximate surface area is 141 Å². The van der Waals surface area contributed by atoms with Gasteiger partial charge in [0.1, 0.15) is 6.33 Å². The van der Waals surface area contributed by atoms with Crippen LogP contribution < -0.4 is 10.6 Å². The van der Waals surface area contributed by atoms with E-state index in [1.54, 1.807) is 11.8 Å². The van der Waals surface area contributed by atoms with Crippen LogP contribution in [0.25, 0.3) is 5.69 Å². The van der Waals surface area contributed by atoms with Crippen LogP contribution in [0.2, 0.25) is 0 Å². The van der Waals surface area contributed by atoms with Gasteiger partial charge in [0, 0.05) is 26.7 Å². The van der Waals surface area contributed by atoms with Gasteiger partial charge in [0.15, 0.2) is 0 Å². The molecule has 1 aromatic heterocycles. The molecule has 9 heteroatoms. The number of rotatable bonds is 9. The van der Waals surface area contributed by atoms with Gasteiger partial charge in [-0.25, -0.2) is 4.68 Å². The first-order chi connectivity index (χ1) is 10.8. The summed E-state index contributed by atoms with van der Waals surface area (Å²) in [6, 6.07) is 7.55. The molecule has 2 aromatic rings. The summed E-state index contributed by atoms with van der Waals surface area (Å²) in [6.07, 6.45) is 1.88. The highest BCUT2D eigenvalue weighted by Crippen LogP contribution is 2.08. The van der Waals surface area contributed by atoms with Gasteiger partial charge in [0.2, 0.25) is 5.91 Å². The van der Waals surface area contributed by atoms with E-state index in [1.165, 1.54) is 6.33 Å². The monoisotopic (exact) mass is 340 g/mol. The molecular weight excluding hydrogens is 320 g/mol. The molecule has 2 N–H and O–H groups in total. The standard InChI is InChI=1S/C14H20N6O2.ClH/c1-22-9-8-15-6-7-16-14(21)10-12-2-4-13(5-3-12)20-11-17-18-19-20;/h2-5,11,15H,6-10H2,1H3,(H,16,21);1H. The molecule has 1 aromatic carbocycles. The number of ether oxygens (including phenoxy) is 1.